The predicted molar refractivity (Wildman–Crippen MR) is 82.9 cm³/mol. The molecule has 6 nitrogen and oxygen atoms in total. The highest BCUT2D eigenvalue weighted by molar-refractivity contribution is 7.10. The minimum Gasteiger partial charge on any atom is -0.378 e. The molecule has 9 heteroatoms. The molecular formula is C12H9Cl2N5OS. The first-order chi connectivity index (χ1) is 10.1. The third-order valence-electron chi connectivity index (χ3n) is 2.75. The normalized spacial score (nSPS) is 10.9. The van der Waals surface area contributed by atoms with Crippen LogP contribution < -0.4 is 5.32 Å². The number of rotatable bonds is 3. The number of aryl methyl sites for hydroxylation is 1. The van der Waals surface area contributed by atoms with E-state index in [0.29, 0.717) is 27.5 Å². The van der Waals surface area contributed by atoms with Crippen LogP contribution in [0.25, 0.3) is 23.0 Å². The van der Waals surface area contributed by atoms with E-state index in [1.807, 2.05) is 14.0 Å². The first-order valence-electron chi connectivity index (χ1n) is 5.89. The standard InChI is InChI=1S/C12H9Cl2N5OS/c1-5-8(12(15-2)21-19-5)11-17-10(18-20-11)9-7(14)3-6(13)4-16-9/h3-4,15H,1-2H3. The average molecular weight is 342 g/mol. The van der Waals surface area contributed by atoms with E-state index >= 15 is 0 Å². The number of nitrogens with zero attached hydrogens (tertiary/aromatic N) is 4. The molecule has 3 aromatic rings. The largest absolute Gasteiger partial charge is 0.378 e. The van der Waals surface area contributed by atoms with Crippen molar-refractivity contribution in [3.05, 3.63) is 28.0 Å². The van der Waals surface area contributed by atoms with Gasteiger partial charge < -0.3 is 9.84 Å². The van der Waals surface area contributed by atoms with Crippen molar-refractivity contribution < 1.29 is 4.52 Å². The molecule has 108 valence electrons. The number of anilines is 1. The molecule has 0 unspecified atom stereocenters. The van der Waals surface area contributed by atoms with Crippen LogP contribution in [0.4, 0.5) is 5.00 Å². The minimum absolute atomic E-state index is 0.305. The molecule has 3 aromatic heterocycles. The fourth-order valence-corrected chi connectivity index (χ4v) is 2.99. The molecule has 1 N–H and O–H groups in total. The topological polar surface area (TPSA) is 76.7 Å². The highest BCUT2D eigenvalue weighted by Crippen LogP contribution is 2.35. The van der Waals surface area contributed by atoms with Crippen LogP contribution in [0.3, 0.4) is 0 Å². The van der Waals surface area contributed by atoms with Crippen LogP contribution in [0.5, 0.6) is 0 Å². The van der Waals surface area contributed by atoms with Crippen molar-refractivity contribution >= 4 is 39.7 Å². The number of hydrogen-bond acceptors (Lipinski definition) is 7. The van der Waals surface area contributed by atoms with E-state index in [1.165, 1.54) is 17.7 Å². The molecule has 0 bridgehead atoms. The van der Waals surface area contributed by atoms with Gasteiger partial charge in [-0.25, -0.2) is 4.98 Å². The van der Waals surface area contributed by atoms with Crippen LogP contribution in [0.2, 0.25) is 10.0 Å². The van der Waals surface area contributed by atoms with E-state index in [2.05, 4.69) is 24.8 Å². The zero-order valence-electron chi connectivity index (χ0n) is 11.0. The summed E-state index contributed by atoms with van der Waals surface area (Å²) >= 11 is 13.3. The Labute approximate surface area is 134 Å². The Bertz CT molecular complexity index is 801. The lowest BCUT2D eigenvalue weighted by atomic mass is 10.2. The maximum Gasteiger partial charge on any atom is 0.263 e. The number of halogens is 2. The summed E-state index contributed by atoms with van der Waals surface area (Å²) in [5.74, 6) is 0.674. The highest BCUT2D eigenvalue weighted by atomic mass is 35.5. The average Bonchev–Trinajstić information content (AvgIpc) is 3.05. The summed E-state index contributed by atoms with van der Waals surface area (Å²) in [7, 11) is 1.81. The zero-order valence-corrected chi connectivity index (χ0v) is 13.3. The Morgan fingerprint density at radius 2 is 2.14 bits per heavy atom. The summed E-state index contributed by atoms with van der Waals surface area (Å²) in [5.41, 5.74) is 2.02. The van der Waals surface area contributed by atoms with E-state index in [-0.39, 0.29) is 0 Å². The summed E-state index contributed by atoms with van der Waals surface area (Å²) in [6.45, 7) is 1.88. The molecule has 0 atom stereocenters. The van der Waals surface area contributed by atoms with Gasteiger partial charge in [-0.3, -0.25) is 0 Å². The lowest BCUT2D eigenvalue weighted by molar-refractivity contribution is 0.432. The molecule has 0 spiro atoms. The fourth-order valence-electron chi connectivity index (χ4n) is 1.79. The van der Waals surface area contributed by atoms with Crippen molar-refractivity contribution in [3.8, 4) is 23.0 Å². The molecule has 0 saturated heterocycles. The monoisotopic (exact) mass is 341 g/mol. The summed E-state index contributed by atoms with van der Waals surface area (Å²) in [6.07, 6.45) is 1.48. The van der Waals surface area contributed by atoms with Crippen LogP contribution in [0, 0.1) is 6.92 Å². The van der Waals surface area contributed by atoms with E-state index in [4.69, 9.17) is 27.7 Å². The van der Waals surface area contributed by atoms with Gasteiger partial charge in [-0.2, -0.15) is 9.36 Å². The Morgan fingerprint density at radius 1 is 1.33 bits per heavy atom. The molecule has 3 rings (SSSR count). The van der Waals surface area contributed by atoms with Gasteiger partial charge in [0.2, 0.25) is 5.82 Å². The second-order valence-corrected chi connectivity index (χ2v) is 5.75. The van der Waals surface area contributed by atoms with Crippen molar-refractivity contribution in [2.75, 3.05) is 12.4 Å². The summed E-state index contributed by atoms with van der Waals surface area (Å²) in [5, 5.41) is 8.65. The van der Waals surface area contributed by atoms with Gasteiger partial charge in [-0.15, -0.1) is 0 Å². The van der Waals surface area contributed by atoms with E-state index < -0.39 is 0 Å². The van der Waals surface area contributed by atoms with Gasteiger partial charge in [-0.05, 0) is 24.5 Å². The number of pyridine rings is 1. The third kappa shape index (κ3) is 2.59. The summed E-state index contributed by atoms with van der Waals surface area (Å²) in [4.78, 5) is 8.47. The minimum atomic E-state index is 0.305. The highest BCUT2D eigenvalue weighted by Gasteiger charge is 2.20. The molecule has 0 radical (unpaired) electrons. The third-order valence-corrected chi connectivity index (χ3v) is 4.20. The SMILES string of the molecule is CNc1snc(C)c1-c1nc(-c2ncc(Cl)cc2Cl)no1. The van der Waals surface area contributed by atoms with Crippen LogP contribution in [0.15, 0.2) is 16.8 Å². The Kier molecular flexibility index (Phi) is 3.79. The van der Waals surface area contributed by atoms with Gasteiger partial charge in [-0.1, -0.05) is 28.4 Å². The molecule has 3 heterocycles. The maximum absolute atomic E-state index is 6.10. The van der Waals surface area contributed by atoms with E-state index in [9.17, 15) is 0 Å². The molecule has 0 aromatic carbocycles. The summed E-state index contributed by atoms with van der Waals surface area (Å²) < 4.78 is 9.57. The molecule has 0 aliphatic heterocycles. The quantitative estimate of drug-likeness (QED) is 0.778. The van der Waals surface area contributed by atoms with Gasteiger partial charge in [0.25, 0.3) is 5.89 Å². The lowest BCUT2D eigenvalue weighted by Crippen LogP contribution is -1.90. The molecule has 0 fully saturated rings. The van der Waals surface area contributed by atoms with E-state index in [1.54, 1.807) is 6.07 Å². The van der Waals surface area contributed by atoms with Gasteiger partial charge in [0, 0.05) is 13.2 Å². The number of nitrogens with one attached hydrogen (secondary N) is 1. The smallest absolute Gasteiger partial charge is 0.263 e. The van der Waals surface area contributed by atoms with Gasteiger partial charge >= 0.3 is 0 Å². The van der Waals surface area contributed by atoms with Gasteiger partial charge in [0.15, 0.2) is 0 Å². The second-order valence-electron chi connectivity index (χ2n) is 4.13. The van der Waals surface area contributed by atoms with Gasteiger partial charge in [0.05, 0.1) is 21.3 Å². The second kappa shape index (κ2) is 5.59. The van der Waals surface area contributed by atoms with Crippen LogP contribution in [-0.4, -0.2) is 26.5 Å². The van der Waals surface area contributed by atoms with Crippen molar-refractivity contribution in [2.24, 2.45) is 0 Å². The molecule has 21 heavy (non-hydrogen) atoms. The predicted octanol–water partition coefficient (Wildman–Crippen LogP) is 3.91. The Morgan fingerprint density at radius 3 is 2.86 bits per heavy atom. The Hall–Kier alpha value is -1.70. The van der Waals surface area contributed by atoms with Crippen LogP contribution >= 0.6 is 34.7 Å². The van der Waals surface area contributed by atoms with Crippen LogP contribution in [-0.2, 0) is 0 Å². The van der Waals surface area contributed by atoms with E-state index in [0.717, 1.165) is 16.3 Å². The fraction of sp³-hybridized carbons (Fsp3) is 0.167. The zero-order chi connectivity index (χ0) is 15.0. The first kappa shape index (κ1) is 14.2. The van der Waals surface area contributed by atoms with Crippen molar-refractivity contribution in [3.63, 3.8) is 0 Å². The lowest BCUT2D eigenvalue weighted by Gasteiger charge is -1.98. The summed E-state index contributed by atoms with van der Waals surface area (Å²) in [6, 6.07) is 1.58. The molecule has 0 aliphatic rings. The molecule has 0 amide bonds. The maximum atomic E-state index is 6.10. The molecular weight excluding hydrogens is 333 g/mol. The molecule has 0 saturated carbocycles. The number of aromatic nitrogens is 4. The number of hydrogen-bond donors (Lipinski definition) is 1. The van der Waals surface area contributed by atoms with Crippen LogP contribution in [0.1, 0.15) is 5.69 Å². The van der Waals surface area contributed by atoms with Crippen molar-refractivity contribution in [1.82, 2.24) is 19.5 Å². The van der Waals surface area contributed by atoms with Crippen molar-refractivity contribution in [1.29, 1.82) is 0 Å². The molecule has 0 aliphatic carbocycles. The first-order valence-corrected chi connectivity index (χ1v) is 7.42. The Balaban J connectivity index is 2.06. The van der Waals surface area contributed by atoms with Gasteiger partial charge in [0.1, 0.15) is 10.7 Å². The van der Waals surface area contributed by atoms with Crippen molar-refractivity contribution in [2.45, 2.75) is 6.92 Å².